The van der Waals surface area contributed by atoms with Crippen molar-refractivity contribution in [3.63, 3.8) is 0 Å². The smallest absolute Gasteiger partial charge is 0.253 e. The Hall–Kier alpha value is -1.12. The van der Waals surface area contributed by atoms with Gasteiger partial charge in [-0.3, -0.25) is 14.5 Å². The molecule has 2 amide bonds. The number of hydrogen-bond donors (Lipinski definition) is 0. The van der Waals surface area contributed by atoms with Crippen molar-refractivity contribution in [2.45, 2.75) is 32.2 Å². The molecule has 2 unspecified atom stereocenters. The minimum absolute atomic E-state index is 0.131. The van der Waals surface area contributed by atoms with Gasteiger partial charge in [0.2, 0.25) is 0 Å². The molecule has 1 heterocycles. The summed E-state index contributed by atoms with van der Waals surface area (Å²) < 4.78 is 0. The minimum atomic E-state index is -0.131. The van der Waals surface area contributed by atoms with E-state index in [1.807, 2.05) is 0 Å². The van der Waals surface area contributed by atoms with Crippen LogP contribution in [0, 0.1) is 5.92 Å². The number of nitrogens with zero attached hydrogens (tertiary/aromatic N) is 1. The molecule has 2 aliphatic rings. The Bertz CT molecular complexity index is 265. The summed E-state index contributed by atoms with van der Waals surface area (Å²) in [5, 5.41) is 0. The fourth-order valence-electron chi connectivity index (χ4n) is 1.97. The number of carbonyl (C=O) groups excluding carboxylic acids is 2. The largest absolute Gasteiger partial charge is 0.272 e. The molecule has 0 aromatic carbocycles. The van der Waals surface area contributed by atoms with E-state index >= 15 is 0 Å². The van der Waals surface area contributed by atoms with E-state index in [0.717, 1.165) is 19.3 Å². The van der Waals surface area contributed by atoms with E-state index < -0.39 is 0 Å². The van der Waals surface area contributed by atoms with Gasteiger partial charge < -0.3 is 0 Å². The Morgan fingerprint density at radius 2 is 2.00 bits per heavy atom. The van der Waals surface area contributed by atoms with E-state index in [1.54, 1.807) is 0 Å². The summed E-state index contributed by atoms with van der Waals surface area (Å²) in [4.78, 5) is 23.9. The monoisotopic (exact) mass is 179 g/mol. The first-order valence-corrected chi connectivity index (χ1v) is 4.79. The van der Waals surface area contributed by atoms with Gasteiger partial charge in [-0.25, -0.2) is 0 Å². The summed E-state index contributed by atoms with van der Waals surface area (Å²) in [6.07, 6.45) is 5.99. The van der Waals surface area contributed by atoms with Gasteiger partial charge in [-0.05, 0) is 18.8 Å². The Morgan fingerprint density at radius 3 is 2.54 bits per heavy atom. The van der Waals surface area contributed by atoms with Gasteiger partial charge in [-0.2, -0.15) is 0 Å². The van der Waals surface area contributed by atoms with E-state index in [2.05, 4.69) is 6.92 Å². The highest BCUT2D eigenvalue weighted by Gasteiger charge is 2.46. The molecule has 0 saturated heterocycles. The molecule has 0 aromatic heterocycles. The van der Waals surface area contributed by atoms with E-state index in [4.69, 9.17) is 0 Å². The highest BCUT2D eigenvalue weighted by atomic mass is 16.2. The van der Waals surface area contributed by atoms with Crippen molar-refractivity contribution >= 4 is 11.8 Å². The second kappa shape index (κ2) is 2.98. The van der Waals surface area contributed by atoms with Gasteiger partial charge in [0.25, 0.3) is 11.8 Å². The van der Waals surface area contributed by atoms with Gasteiger partial charge in [0.1, 0.15) is 0 Å². The van der Waals surface area contributed by atoms with Crippen molar-refractivity contribution < 1.29 is 9.59 Å². The van der Waals surface area contributed by atoms with Crippen LogP contribution < -0.4 is 0 Å². The van der Waals surface area contributed by atoms with Crippen LogP contribution in [0.2, 0.25) is 0 Å². The molecule has 1 saturated carbocycles. The van der Waals surface area contributed by atoms with Crippen LogP contribution in [0.1, 0.15) is 26.2 Å². The van der Waals surface area contributed by atoms with Crippen LogP contribution in [-0.2, 0) is 9.59 Å². The lowest BCUT2D eigenvalue weighted by molar-refractivity contribution is -0.137. The average molecular weight is 179 g/mol. The van der Waals surface area contributed by atoms with Crippen molar-refractivity contribution in [3.05, 3.63) is 12.2 Å². The second-order valence-corrected chi connectivity index (χ2v) is 3.73. The number of imide groups is 1. The molecule has 0 bridgehead atoms. The van der Waals surface area contributed by atoms with Crippen LogP contribution in [0.3, 0.4) is 0 Å². The Kier molecular flexibility index (Phi) is 1.94. The molecule has 0 radical (unpaired) electrons. The van der Waals surface area contributed by atoms with E-state index in [-0.39, 0.29) is 17.9 Å². The predicted molar refractivity (Wildman–Crippen MR) is 47.8 cm³/mol. The Morgan fingerprint density at radius 1 is 1.38 bits per heavy atom. The van der Waals surface area contributed by atoms with Crippen LogP contribution in [0.15, 0.2) is 12.2 Å². The van der Waals surface area contributed by atoms with Crippen LogP contribution in [0.5, 0.6) is 0 Å². The van der Waals surface area contributed by atoms with Gasteiger partial charge in [0, 0.05) is 18.2 Å². The molecule has 2 rings (SSSR count). The lowest BCUT2D eigenvalue weighted by Crippen LogP contribution is -2.33. The molecule has 1 aliphatic heterocycles. The first-order valence-electron chi connectivity index (χ1n) is 4.79. The first kappa shape index (κ1) is 8.48. The molecule has 0 spiro atoms. The molecule has 1 aliphatic carbocycles. The molecule has 3 nitrogen and oxygen atoms in total. The molecular formula is C10H13NO2. The predicted octanol–water partition coefficient (Wildman–Crippen LogP) is 1.10. The van der Waals surface area contributed by atoms with Crippen molar-refractivity contribution in [2.24, 2.45) is 5.92 Å². The van der Waals surface area contributed by atoms with Gasteiger partial charge in [-0.1, -0.05) is 13.3 Å². The van der Waals surface area contributed by atoms with E-state index in [1.165, 1.54) is 17.1 Å². The molecule has 2 atom stereocenters. The summed E-state index contributed by atoms with van der Waals surface area (Å²) in [6.45, 7) is 2.13. The third kappa shape index (κ3) is 1.39. The molecule has 3 heteroatoms. The first-order chi connectivity index (χ1) is 6.24. The number of rotatable bonds is 3. The summed E-state index contributed by atoms with van der Waals surface area (Å²) in [5.41, 5.74) is 0. The summed E-state index contributed by atoms with van der Waals surface area (Å²) >= 11 is 0. The molecule has 13 heavy (non-hydrogen) atoms. The maximum absolute atomic E-state index is 11.2. The molecule has 0 aromatic rings. The van der Waals surface area contributed by atoms with Crippen molar-refractivity contribution in [1.29, 1.82) is 0 Å². The fourth-order valence-corrected chi connectivity index (χ4v) is 1.97. The zero-order valence-electron chi connectivity index (χ0n) is 7.69. The summed E-state index contributed by atoms with van der Waals surface area (Å²) in [6, 6.07) is 0.204. The summed E-state index contributed by atoms with van der Waals surface area (Å²) in [7, 11) is 0. The van der Waals surface area contributed by atoms with E-state index in [0.29, 0.717) is 5.92 Å². The third-order valence-corrected chi connectivity index (χ3v) is 2.72. The highest BCUT2D eigenvalue weighted by Crippen LogP contribution is 2.40. The zero-order valence-corrected chi connectivity index (χ0v) is 7.69. The van der Waals surface area contributed by atoms with E-state index in [9.17, 15) is 9.59 Å². The van der Waals surface area contributed by atoms with Gasteiger partial charge in [0.05, 0.1) is 0 Å². The van der Waals surface area contributed by atoms with Crippen molar-refractivity contribution in [3.8, 4) is 0 Å². The third-order valence-electron chi connectivity index (χ3n) is 2.72. The topological polar surface area (TPSA) is 37.4 Å². The maximum atomic E-state index is 11.2. The lowest BCUT2D eigenvalue weighted by Gasteiger charge is -2.12. The highest BCUT2D eigenvalue weighted by molar-refractivity contribution is 6.13. The van der Waals surface area contributed by atoms with Gasteiger partial charge in [-0.15, -0.1) is 0 Å². The maximum Gasteiger partial charge on any atom is 0.253 e. The van der Waals surface area contributed by atoms with Crippen LogP contribution in [0.25, 0.3) is 0 Å². The van der Waals surface area contributed by atoms with Gasteiger partial charge in [0.15, 0.2) is 0 Å². The minimum Gasteiger partial charge on any atom is -0.272 e. The molecule has 0 N–H and O–H groups in total. The van der Waals surface area contributed by atoms with Crippen LogP contribution in [0.4, 0.5) is 0 Å². The zero-order chi connectivity index (χ0) is 9.42. The lowest BCUT2D eigenvalue weighted by atomic mass is 10.2. The number of amides is 2. The Labute approximate surface area is 77.4 Å². The molecule has 1 fully saturated rings. The van der Waals surface area contributed by atoms with Crippen LogP contribution in [-0.4, -0.2) is 22.8 Å². The SMILES string of the molecule is CCCC1CC1N1C(=O)C=CC1=O. The number of carbonyl (C=O) groups is 2. The quantitative estimate of drug-likeness (QED) is 0.608. The molecule has 70 valence electrons. The fraction of sp³-hybridized carbons (Fsp3) is 0.600. The normalized spacial score (nSPS) is 31.6. The van der Waals surface area contributed by atoms with Crippen molar-refractivity contribution in [1.82, 2.24) is 4.90 Å². The standard InChI is InChI=1S/C10H13NO2/c1-2-3-7-6-8(7)11-9(12)4-5-10(11)13/h4-5,7-8H,2-3,6H2,1H3. The summed E-state index contributed by atoms with van der Waals surface area (Å²) in [5.74, 6) is 0.306. The molecular weight excluding hydrogens is 166 g/mol. The second-order valence-electron chi connectivity index (χ2n) is 3.73. The Balaban J connectivity index is 1.97. The van der Waals surface area contributed by atoms with Crippen molar-refractivity contribution in [2.75, 3.05) is 0 Å². The van der Waals surface area contributed by atoms with Gasteiger partial charge >= 0.3 is 0 Å². The average Bonchev–Trinajstić information content (AvgIpc) is 2.74. The van der Waals surface area contributed by atoms with Crippen LogP contribution >= 0.6 is 0 Å². The number of hydrogen-bond acceptors (Lipinski definition) is 2.